The van der Waals surface area contributed by atoms with Gasteiger partial charge in [-0.05, 0) is 34.7 Å². The van der Waals surface area contributed by atoms with Crippen molar-refractivity contribution in [3.05, 3.63) is 94.8 Å². The monoisotopic (exact) mass is 449 g/mol. The van der Waals surface area contributed by atoms with Crippen molar-refractivity contribution in [3.8, 4) is 11.1 Å². The zero-order chi connectivity index (χ0) is 23.4. The number of aliphatic hydroxyl groups excluding tert-OH is 2. The molecule has 0 fully saturated rings. The first-order chi connectivity index (χ1) is 16.0. The van der Waals surface area contributed by atoms with Gasteiger partial charge in [0, 0.05) is 23.6 Å². The lowest BCUT2D eigenvalue weighted by molar-refractivity contribution is 0.0116. The average molecular weight is 449 g/mol. The maximum Gasteiger partial charge on any atom is 0.407 e. The lowest BCUT2D eigenvalue weighted by Gasteiger charge is -2.19. The van der Waals surface area contributed by atoms with E-state index in [0.717, 1.165) is 28.3 Å². The Balaban J connectivity index is 1.28. The van der Waals surface area contributed by atoms with Gasteiger partial charge in [0.25, 0.3) is 0 Å². The predicted molar refractivity (Wildman–Crippen MR) is 120 cm³/mol. The molecule has 2 atom stereocenters. The van der Waals surface area contributed by atoms with E-state index in [2.05, 4.69) is 17.4 Å². The van der Waals surface area contributed by atoms with Gasteiger partial charge in [-0.3, -0.25) is 4.79 Å². The maximum atomic E-state index is 14.0. The minimum Gasteiger partial charge on any atom is -0.449 e. The molecule has 6 nitrogen and oxygen atoms in total. The van der Waals surface area contributed by atoms with Crippen molar-refractivity contribution in [3.63, 3.8) is 0 Å². The minimum absolute atomic E-state index is 0.0137. The summed E-state index contributed by atoms with van der Waals surface area (Å²) in [5, 5.41) is 22.9. The van der Waals surface area contributed by atoms with E-state index in [0.29, 0.717) is 6.29 Å². The molecule has 3 N–H and O–H groups in total. The quantitative estimate of drug-likeness (QED) is 0.453. The van der Waals surface area contributed by atoms with Crippen LogP contribution in [-0.4, -0.2) is 41.8 Å². The highest BCUT2D eigenvalue weighted by Gasteiger charge is 2.29. The van der Waals surface area contributed by atoms with E-state index in [4.69, 9.17) is 4.74 Å². The number of amides is 1. The van der Waals surface area contributed by atoms with Crippen LogP contribution in [0.5, 0.6) is 0 Å². The van der Waals surface area contributed by atoms with Gasteiger partial charge in [-0.1, -0.05) is 60.7 Å². The molecule has 3 aromatic rings. The van der Waals surface area contributed by atoms with Crippen LogP contribution in [0, 0.1) is 5.82 Å². The summed E-state index contributed by atoms with van der Waals surface area (Å²) in [6.07, 6.45) is -2.96. The predicted octanol–water partition coefficient (Wildman–Crippen LogP) is 3.96. The van der Waals surface area contributed by atoms with Gasteiger partial charge in [-0.15, -0.1) is 0 Å². The SMILES string of the molecule is O=Cc1ccc(C(O)C(O)CCNC(=O)OCC2c3ccccc3-c3ccccc32)c(F)c1. The van der Waals surface area contributed by atoms with Crippen LogP contribution in [0.3, 0.4) is 0 Å². The van der Waals surface area contributed by atoms with Gasteiger partial charge in [0.15, 0.2) is 0 Å². The van der Waals surface area contributed by atoms with Gasteiger partial charge in [-0.2, -0.15) is 0 Å². The molecule has 0 aromatic heterocycles. The lowest BCUT2D eigenvalue weighted by atomic mass is 9.98. The first-order valence-electron chi connectivity index (χ1n) is 10.7. The molecule has 7 heteroatoms. The van der Waals surface area contributed by atoms with Gasteiger partial charge in [0.2, 0.25) is 0 Å². The van der Waals surface area contributed by atoms with E-state index in [-0.39, 0.29) is 36.6 Å². The van der Waals surface area contributed by atoms with Gasteiger partial charge in [0.1, 0.15) is 24.8 Å². The molecule has 0 saturated carbocycles. The number of aldehydes is 1. The Labute approximate surface area is 190 Å². The van der Waals surface area contributed by atoms with Crippen molar-refractivity contribution in [2.45, 2.75) is 24.5 Å². The third-order valence-corrected chi connectivity index (χ3v) is 5.90. The fourth-order valence-corrected chi connectivity index (χ4v) is 4.19. The Morgan fingerprint density at radius 3 is 2.27 bits per heavy atom. The molecule has 4 rings (SSSR count). The second-order valence-electron chi connectivity index (χ2n) is 7.95. The van der Waals surface area contributed by atoms with E-state index in [1.165, 1.54) is 12.1 Å². The number of carbonyl (C=O) groups excluding carboxylic acids is 2. The van der Waals surface area contributed by atoms with E-state index < -0.39 is 24.1 Å². The van der Waals surface area contributed by atoms with Gasteiger partial charge < -0.3 is 20.3 Å². The van der Waals surface area contributed by atoms with Crippen LogP contribution in [0.1, 0.15) is 45.5 Å². The molecule has 2 unspecified atom stereocenters. The molecule has 170 valence electrons. The standard InChI is InChI=1S/C26H24FNO5/c27-23-13-16(14-29)9-10-21(23)25(31)24(30)11-12-28-26(32)33-15-22-19-7-3-1-5-17(19)18-6-2-4-8-20(18)22/h1-10,13-14,22,24-25,30-31H,11-12,15H2,(H,28,32). The Morgan fingerprint density at radius 2 is 1.67 bits per heavy atom. The van der Waals surface area contributed by atoms with Gasteiger partial charge in [0.05, 0.1) is 6.10 Å². The van der Waals surface area contributed by atoms with Crippen LogP contribution >= 0.6 is 0 Å². The fourth-order valence-electron chi connectivity index (χ4n) is 4.19. The molecule has 1 aliphatic carbocycles. The molecule has 1 amide bonds. The van der Waals surface area contributed by atoms with Gasteiger partial charge >= 0.3 is 6.09 Å². The van der Waals surface area contributed by atoms with Crippen LogP contribution < -0.4 is 5.32 Å². The molecular weight excluding hydrogens is 425 g/mol. The number of fused-ring (bicyclic) bond motifs is 3. The maximum absolute atomic E-state index is 14.0. The molecule has 0 heterocycles. The number of aliphatic hydroxyl groups is 2. The summed E-state index contributed by atoms with van der Waals surface area (Å²) in [5.41, 5.74) is 4.49. The summed E-state index contributed by atoms with van der Waals surface area (Å²) in [7, 11) is 0. The number of hydrogen-bond donors (Lipinski definition) is 3. The highest BCUT2D eigenvalue weighted by atomic mass is 19.1. The Morgan fingerprint density at radius 1 is 1.03 bits per heavy atom. The fraction of sp³-hybridized carbons (Fsp3) is 0.231. The second kappa shape index (κ2) is 9.94. The Hall–Kier alpha value is -3.55. The summed E-state index contributed by atoms with van der Waals surface area (Å²) in [5.74, 6) is -0.844. The van der Waals surface area contributed by atoms with Crippen molar-refractivity contribution in [2.75, 3.05) is 13.2 Å². The largest absolute Gasteiger partial charge is 0.449 e. The van der Waals surface area contributed by atoms with E-state index in [9.17, 15) is 24.2 Å². The number of ether oxygens (including phenoxy) is 1. The van der Waals surface area contributed by atoms with Crippen molar-refractivity contribution in [1.29, 1.82) is 0 Å². The molecule has 0 saturated heterocycles. The second-order valence-corrected chi connectivity index (χ2v) is 7.95. The Bertz CT molecular complexity index is 1120. The summed E-state index contributed by atoms with van der Waals surface area (Å²) in [6, 6.07) is 19.6. The highest BCUT2D eigenvalue weighted by molar-refractivity contribution is 5.79. The number of halogens is 1. The van der Waals surface area contributed by atoms with Gasteiger partial charge in [-0.25, -0.2) is 9.18 Å². The zero-order valence-corrected chi connectivity index (χ0v) is 17.8. The topological polar surface area (TPSA) is 95.9 Å². The molecule has 33 heavy (non-hydrogen) atoms. The van der Waals surface area contributed by atoms with Crippen LogP contribution in [0.2, 0.25) is 0 Å². The lowest BCUT2D eigenvalue weighted by Crippen LogP contribution is -2.31. The number of rotatable bonds is 8. The number of alkyl carbamates (subject to hydrolysis) is 1. The average Bonchev–Trinajstić information content (AvgIpc) is 3.16. The summed E-state index contributed by atoms with van der Waals surface area (Å²) >= 11 is 0. The third kappa shape index (κ3) is 4.79. The Kier molecular flexibility index (Phi) is 6.82. The normalized spacial score (nSPS) is 14.2. The van der Waals surface area contributed by atoms with E-state index >= 15 is 0 Å². The van der Waals surface area contributed by atoms with Crippen molar-refractivity contribution >= 4 is 12.4 Å². The smallest absolute Gasteiger partial charge is 0.407 e. The molecule has 0 spiro atoms. The van der Waals surface area contributed by atoms with E-state index in [1.807, 2.05) is 36.4 Å². The first-order valence-corrected chi connectivity index (χ1v) is 10.7. The summed E-state index contributed by atoms with van der Waals surface area (Å²) < 4.78 is 19.5. The number of hydrogen-bond acceptors (Lipinski definition) is 5. The van der Waals surface area contributed by atoms with Crippen LogP contribution in [-0.2, 0) is 4.74 Å². The zero-order valence-electron chi connectivity index (χ0n) is 17.8. The highest BCUT2D eigenvalue weighted by Crippen LogP contribution is 2.44. The van der Waals surface area contributed by atoms with Crippen LogP contribution in [0.25, 0.3) is 11.1 Å². The van der Waals surface area contributed by atoms with Crippen molar-refractivity contribution in [1.82, 2.24) is 5.32 Å². The number of nitrogens with one attached hydrogen (secondary N) is 1. The number of benzene rings is 3. The summed E-state index contributed by atoms with van der Waals surface area (Å²) in [4.78, 5) is 22.9. The number of carbonyl (C=O) groups is 2. The molecular formula is C26H24FNO5. The van der Waals surface area contributed by atoms with Crippen molar-refractivity contribution in [2.24, 2.45) is 0 Å². The molecule has 0 bridgehead atoms. The van der Waals surface area contributed by atoms with Crippen LogP contribution in [0.4, 0.5) is 9.18 Å². The third-order valence-electron chi connectivity index (χ3n) is 5.90. The molecule has 0 radical (unpaired) electrons. The van der Waals surface area contributed by atoms with Crippen molar-refractivity contribution < 1.29 is 28.9 Å². The minimum atomic E-state index is -1.49. The molecule has 1 aliphatic rings. The van der Waals surface area contributed by atoms with E-state index in [1.54, 1.807) is 0 Å². The summed E-state index contributed by atoms with van der Waals surface area (Å²) in [6.45, 7) is 0.197. The van der Waals surface area contributed by atoms with Crippen LogP contribution in [0.15, 0.2) is 66.7 Å². The first kappa shape index (κ1) is 22.6. The molecule has 3 aromatic carbocycles. The molecule has 0 aliphatic heterocycles.